The number of hydrogen-bond donors (Lipinski definition) is 0. The van der Waals surface area contributed by atoms with Crippen LogP contribution in [0.15, 0.2) is 24.3 Å². The zero-order valence-corrected chi connectivity index (χ0v) is 12.6. The molecule has 0 fully saturated rings. The summed E-state index contributed by atoms with van der Waals surface area (Å²) in [6, 6.07) is 8.69. The lowest BCUT2D eigenvalue weighted by Crippen LogP contribution is -2.05. The minimum absolute atomic E-state index is 0.832. The van der Waals surface area contributed by atoms with Crippen molar-refractivity contribution in [1.82, 2.24) is 0 Å². The van der Waals surface area contributed by atoms with Gasteiger partial charge in [0.05, 0.1) is 0 Å². The van der Waals surface area contributed by atoms with Crippen LogP contribution in [0.25, 0.3) is 0 Å². The van der Waals surface area contributed by atoms with Crippen LogP contribution in [0, 0.1) is 12.8 Å². The smallest absolute Gasteiger partial charge is 0.0187 e. The van der Waals surface area contributed by atoms with Crippen LogP contribution in [0.3, 0.4) is 0 Å². The fraction of sp³-hybridized carbons (Fsp3) is 0.571. The molecule has 1 unspecified atom stereocenters. The molecule has 90 valence electrons. The largest absolute Gasteiger partial charge is 0.157 e. The molecule has 1 rings (SSSR count). The Balaban J connectivity index is 2.32. The molecular weight excluding hydrogens is 280 g/mol. The Morgan fingerprint density at radius 3 is 2.69 bits per heavy atom. The SMILES string of the molecule is CCCC(CBr)CSCc1ccccc1C. The maximum absolute atomic E-state index is 3.60. The summed E-state index contributed by atoms with van der Waals surface area (Å²) in [6.45, 7) is 4.46. The number of thioether (sulfide) groups is 1. The fourth-order valence-electron chi connectivity index (χ4n) is 1.72. The van der Waals surface area contributed by atoms with Crippen molar-refractivity contribution < 1.29 is 0 Å². The normalized spacial score (nSPS) is 12.7. The number of alkyl halides is 1. The predicted molar refractivity (Wildman–Crippen MR) is 79.5 cm³/mol. The first-order valence-electron chi connectivity index (χ1n) is 5.96. The van der Waals surface area contributed by atoms with Gasteiger partial charge in [0.15, 0.2) is 0 Å². The van der Waals surface area contributed by atoms with Gasteiger partial charge in [0.2, 0.25) is 0 Å². The van der Waals surface area contributed by atoms with Crippen molar-refractivity contribution >= 4 is 27.7 Å². The molecule has 1 aromatic carbocycles. The van der Waals surface area contributed by atoms with Crippen LogP contribution in [0.4, 0.5) is 0 Å². The van der Waals surface area contributed by atoms with E-state index in [2.05, 4.69) is 65.8 Å². The van der Waals surface area contributed by atoms with E-state index in [1.54, 1.807) is 0 Å². The van der Waals surface area contributed by atoms with Crippen LogP contribution >= 0.6 is 27.7 Å². The molecule has 0 radical (unpaired) electrons. The van der Waals surface area contributed by atoms with E-state index < -0.39 is 0 Å². The third-order valence-corrected chi connectivity index (χ3v) is 4.93. The van der Waals surface area contributed by atoms with Crippen LogP contribution in [0.2, 0.25) is 0 Å². The molecule has 0 nitrogen and oxygen atoms in total. The van der Waals surface area contributed by atoms with Gasteiger partial charge in [-0.1, -0.05) is 53.5 Å². The van der Waals surface area contributed by atoms with Crippen molar-refractivity contribution in [3.63, 3.8) is 0 Å². The molecule has 0 aliphatic carbocycles. The second-order valence-electron chi connectivity index (χ2n) is 4.25. The molecule has 0 amide bonds. The van der Waals surface area contributed by atoms with Crippen molar-refractivity contribution in [2.45, 2.75) is 32.4 Å². The summed E-state index contributed by atoms with van der Waals surface area (Å²) < 4.78 is 0. The van der Waals surface area contributed by atoms with Gasteiger partial charge in [-0.2, -0.15) is 11.8 Å². The van der Waals surface area contributed by atoms with Gasteiger partial charge in [0, 0.05) is 11.1 Å². The Kier molecular flexibility index (Phi) is 7.22. The summed E-state index contributed by atoms with van der Waals surface area (Å²) in [5.41, 5.74) is 2.90. The van der Waals surface area contributed by atoms with Crippen LogP contribution < -0.4 is 0 Å². The number of halogens is 1. The van der Waals surface area contributed by atoms with Crippen LogP contribution in [-0.2, 0) is 5.75 Å². The Hall–Kier alpha value is 0.0500. The lowest BCUT2D eigenvalue weighted by Gasteiger charge is -2.12. The topological polar surface area (TPSA) is 0 Å². The standard InChI is InChI=1S/C14H21BrS/c1-3-6-13(9-15)10-16-11-14-8-5-4-7-12(14)2/h4-5,7-8,13H,3,6,9-11H2,1-2H3. The maximum atomic E-state index is 3.60. The van der Waals surface area contributed by atoms with E-state index in [9.17, 15) is 0 Å². The van der Waals surface area contributed by atoms with Crippen molar-refractivity contribution in [1.29, 1.82) is 0 Å². The predicted octanol–water partition coefficient (Wildman–Crippen LogP) is 5.04. The van der Waals surface area contributed by atoms with E-state index in [-0.39, 0.29) is 0 Å². The number of aryl methyl sites for hydroxylation is 1. The molecule has 0 spiro atoms. The summed E-state index contributed by atoms with van der Waals surface area (Å²) in [6.07, 6.45) is 2.63. The lowest BCUT2D eigenvalue weighted by atomic mass is 10.1. The third kappa shape index (κ3) is 4.92. The van der Waals surface area contributed by atoms with Gasteiger partial charge in [0.1, 0.15) is 0 Å². The molecule has 0 saturated heterocycles. The van der Waals surface area contributed by atoms with Crippen molar-refractivity contribution in [3.8, 4) is 0 Å². The van der Waals surface area contributed by atoms with Gasteiger partial charge in [-0.3, -0.25) is 0 Å². The summed E-state index contributed by atoms with van der Waals surface area (Å²) >= 11 is 5.67. The highest BCUT2D eigenvalue weighted by atomic mass is 79.9. The van der Waals surface area contributed by atoms with Gasteiger partial charge < -0.3 is 0 Å². The van der Waals surface area contributed by atoms with Gasteiger partial charge >= 0.3 is 0 Å². The van der Waals surface area contributed by atoms with Crippen LogP contribution in [0.1, 0.15) is 30.9 Å². The number of benzene rings is 1. The van der Waals surface area contributed by atoms with Crippen molar-refractivity contribution in [2.75, 3.05) is 11.1 Å². The van der Waals surface area contributed by atoms with Crippen molar-refractivity contribution in [2.24, 2.45) is 5.92 Å². The molecule has 16 heavy (non-hydrogen) atoms. The number of rotatable bonds is 7. The minimum atomic E-state index is 0.832. The molecule has 0 saturated carbocycles. The number of hydrogen-bond acceptors (Lipinski definition) is 1. The molecule has 1 aromatic rings. The fourth-order valence-corrected chi connectivity index (χ4v) is 3.86. The summed E-state index contributed by atoms with van der Waals surface area (Å²) in [5.74, 6) is 3.26. The highest BCUT2D eigenvalue weighted by Crippen LogP contribution is 2.21. The third-order valence-electron chi connectivity index (χ3n) is 2.79. The molecule has 0 N–H and O–H groups in total. The zero-order valence-electron chi connectivity index (χ0n) is 10.2. The van der Waals surface area contributed by atoms with Gasteiger partial charge in [0.25, 0.3) is 0 Å². The van der Waals surface area contributed by atoms with E-state index >= 15 is 0 Å². The Labute approximate surface area is 112 Å². The quantitative estimate of drug-likeness (QED) is 0.636. The monoisotopic (exact) mass is 300 g/mol. The maximum Gasteiger partial charge on any atom is 0.0187 e. The molecule has 1 atom stereocenters. The molecule has 0 aliphatic heterocycles. The Morgan fingerprint density at radius 1 is 1.31 bits per heavy atom. The second kappa shape index (κ2) is 8.19. The molecule has 2 heteroatoms. The average molecular weight is 301 g/mol. The van der Waals surface area contributed by atoms with Crippen LogP contribution in [-0.4, -0.2) is 11.1 Å². The summed E-state index contributed by atoms with van der Waals surface area (Å²) in [5, 5.41) is 1.14. The highest BCUT2D eigenvalue weighted by molar-refractivity contribution is 9.09. The molecule has 0 bridgehead atoms. The van der Waals surface area contributed by atoms with Gasteiger partial charge in [-0.05, 0) is 36.1 Å². The first-order chi connectivity index (χ1) is 7.77. The van der Waals surface area contributed by atoms with Gasteiger partial charge in [-0.25, -0.2) is 0 Å². The average Bonchev–Trinajstić information content (AvgIpc) is 2.30. The Morgan fingerprint density at radius 2 is 2.06 bits per heavy atom. The summed E-state index contributed by atoms with van der Waals surface area (Å²) in [7, 11) is 0. The van der Waals surface area contributed by atoms with E-state index in [1.165, 1.54) is 29.7 Å². The summed E-state index contributed by atoms with van der Waals surface area (Å²) in [4.78, 5) is 0. The van der Waals surface area contributed by atoms with E-state index in [4.69, 9.17) is 0 Å². The van der Waals surface area contributed by atoms with E-state index in [1.807, 2.05) is 0 Å². The molecule has 0 heterocycles. The van der Waals surface area contributed by atoms with E-state index in [0.717, 1.165) is 17.0 Å². The van der Waals surface area contributed by atoms with Crippen molar-refractivity contribution in [3.05, 3.63) is 35.4 Å². The first-order valence-corrected chi connectivity index (χ1v) is 8.23. The highest BCUT2D eigenvalue weighted by Gasteiger charge is 2.06. The lowest BCUT2D eigenvalue weighted by molar-refractivity contribution is 0.597. The van der Waals surface area contributed by atoms with E-state index in [0.29, 0.717) is 0 Å². The second-order valence-corrected chi connectivity index (χ2v) is 5.93. The zero-order chi connectivity index (χ0) is 11.8. The Bertz CT molecular complexity index is 299. The minimum Gasteiger partial charge on any atom is -0.157 e. The molecule has 0 aliphatic rings. The van der Waals surface area contributed by atoms with Crippen LogP contribution in [0.5, 0.6) is 0 Å². The molecular formula is C14H21BrS. The molecule has 0 aromatic heterocycles. The first kappa shape index (κ1) is 14.1. The van der Waals surface area contributed by atoms with Gasteiger partial charge in [-0.15, -0.1) is 0 Å².